The van der Waals surface area contributed by atoms with Crippen LogP contribution in [0.4, 0.5) is 9.59 Å². The fraction of sp³-hybridized carbons (Fsp3) is 0.667. The van der Waals surface area contributed by atoms with Crippen LogP contribution in [0.1, 0.15) is 60.1 Å². The van der Waals surface area contributed by atoms with Gasteiger partial charge in [0.15, 0.2) is 0 Å². The van der Waals surface area contributed by atoms with Crippen LogP contribution in [-0.4, -0.2) is 65.4 Å². The maximum Gasteiger partial charge on any atom is 0.408 e. The van der Waals surface area contributed by atoms with Gasteiger partial charge >= 0.3 is 12.2 Å². The lowest BCUT2D eigenvalue weighted by Crippen LogP contribution is -2.48. The van der Waals surface area contributed by atoms with E-state index in [4.69, 9.17) is 9.47 Å². The van der Waals surface area contributed by atoms with Crippen LogP contribution in [0, 0.1) is 0 Å². The van der Waals surface area contributed by atoms with Gasteiger partial charge in [-0.2, -0.15) is 11.8 Å². The summed E-state index contributed by atoms with van der Waals surface area (Å²) in [7, 11) is 0. The molecule has 0 fully saturated rings. The zero-order valence-corrected chi connectivity index (χ0v) is 23.5. The minimum absolute atomic E-state index is 0.295. The Bertz CT molecular complexity index is 825. The number of ether oxygens (including phenoxy) is 2. The number of pyridine rings is 1. The number of carbonyl (C=O) groups is 3. The van der Waals surface area contributed by atoms with Crippen molar-refractivity contribution in [2.45, 2.75) is 82.3 Å². The second-order valence-electron chi connectivity index (χ2n) is 9.77. The standard InChI is InChI=1S/C24H40N4O5S2/c1-23(2,3)32-21(30)27-13-8-10-17(28-22(31)33-24(4,5)6)20(29)26-14-15-35-16-18-19(34-7)11-9-12-25-18/h9,11-12,17H,8,10,13-16H2,1-7H3,(H,26,29)(H,27,30)(H,28,31)/t17-/m0/s1. The molecule has 35 heavy (non-hydrogen) atoms. The normalized spacial score (nSPS) is 12.4. The largest absolute Gasteiger partial charge is 0.444 e. The zero-order valence-electron chi connectivity index (χ0n) is 21.9. The van der Waals surface area contributed by atoms with Crippen LogP contribution in [0.2, 0.25) is 0 Å². The quantitative estimate of drug-likeness (QED) is 0.271. The van der Waals surface area contributed by atoms with Crippen LogP contribution in [0.5, 0.6) is 0 Å². The van der Waals surface area contributed by atoms with Gasteiger partial charge in [0.1, 0.15) is 17.2 Å². The highest BCUT2D eigenvalue weighted by Crippen LogP contribution is 2.21. The van der Waals surface area contributed by atoms with Crippen molar-refractivity contribution in [2.75, 3.05) is 25.1 Å². The van der Waals surface area contributed by atoms with E-state index >= 15 is 0 Å². The van der Waals surface area contributed by atoms with Crippen LogP contribution in [-0.2, 0) is 20.0 Å². The number of amides is 3. The Balaban J connectivity index is 2.52. The first-order valence-electron chi connectivity index (χ1n) is 11.6. The third-order valence-corrected chi connectivity index (χ3v) is 5.98. The van der Waals surface area contributed by atoms with E-state index in [9.17, 15) is 14.4 Å². The number of thioether (sulfide) groups is 2. The number of carbonyl (C=O) groups excluding carboxylic acids is 3. The van der Waals surface area contributed by atoms with Gasteiger partial charge in [-0.3, -0.25) is 9.78 Å². The van der Waals surface area contributed by atoms with Crippen LogP contribution < -0.4 is 16.0 Å². The van der Waals surface area contributed by atoms with Crippen molar-refractivity contribution in [1.82, 2.24) is 20.9 Å². The summed E-state index contributed by atoms with van der Waals surface area (Å²) in [5, 5.41) is 8.19. The van der Waals surface area contributed by atoms with Crippen LogP contribution in [0.15, 0.2) is 23.2 Å². The Morgan fingerprint density at radius 3 is 2.29 bits per heavy atom. The van der Waals surface area contributed by atoms with Gasteiger partial charge in [-0.25, -0.2) is 9.59 Å². The molecule has 0 aliphatic carbocycles. The maximum absolute atomic E-state index is 12.8. The number of rotatable bonds is 12. The minimum atomic E-state index is -0.783. The fourth-order valence-corrected chi connectivity index (χ4v) is 4.27. The van der Waals surface area contributed by atoms with Gasteiger partial charge in [-0.1, -0.05) is 0 Å². The minimum Gasteiger partial charge on any atom is -0.444 e. The van der Waals surface area contributed by atoms with Crippen molar-refractivity contribution in [1.29, 1.82) is 0 Å². The van der Waals surface area contributed by atoms with E-state index in [1.54, 1.807) is 71.3 Å². The van der Waals surface area contributed by atoms with E-state index in [0.717, 1.165) is 16.3 Å². The van der Waals surface area contributed by atoms with Gasteiger partial charge < -0.3 is 25.4 Å². The Morgan fingerprint density at radius 2 is 1.66 bits per heavy atom. The third kappa shape index (κ3) is 14.8. The van der Waals surface area contributed by atoms with Gasteiger partial charge in [0.05, 0.1) is 5.69 Å². The molecule has 0 aliphatic heterocycles. The first kappa shape index (κ1) is 30.9. The molecule has 0 spiro atoms. The lowest BCUT2D eigenvalue weighted by atomic mass is 10.1. The summed E-state index contributed by atoms with van der Waals surface area (Å²) in [5.74, 6) is 1.16. The topological polar surface area (TPSA) is 119 Å². The summed E-state index contributed by atoms with van der Waals surface area (Å²) in [5.41, 5.74) is -0.240. The molecule has 0 bridgehead atoms. The van der Waals surface area contributed by atoms with Gasteiger partial charge in [-0.15, -0.1) is 11.8 Å². The van der Waals surface area contributed by atoms with E-state index in [1.807, 2.05) is 18.4 Å². The summed E-state index contributed by atoms with van der Waals surface area (Å²) in [4.78, 5) is 42.4. The van der Waals surface area contributed by atoms with Crippen molar-refractivity contribution in [3.63, 3.8) is 0 Å². The molecule has 1 aromatic rings. The summed E-state index contributed by atoms with van der Waals surface area (Å²) < 4.78 is 10.5. The average Bonchev–Trinajstić information content (AvgIpc) is 2.73. The SMILES string of the molecule is CSc1cccnc1CSCCNC(=O)[C@H](CCCNC(=O)OC(C)(C)C)NC(=O)OC(C)(C)C. The van der Waals surface area contributed by atoms with Crippen LogP contribution >= 0.6 is 23.5 Å². The number of hydrogen-bond donors (Lipinski definition) is 3. The molecular weight excluding hydrogens is 488 g/mol. The third-order valence-electron chi connectivity index (χ3n) is 4.20. The fourth-order valence-electron chi connectivity index (χ4n) is 2.79. The van der Waals surface area contributed by atoms with Crippen molar-refractivity contribution in [3.05, 3.63) is 24.0 Å². The number of nitrogens with zero attached hydrogens (tertiary/aromatic N) is 1. The molecule has 3 amide bonds. The van der Waals surface area contributed by atoms with Gasteiger partial charge in [0.2, 0.25) is 5.91 Å². The van der Waals surface area contributed by atoms with Crippen LogP contribution in [0.3, 0.4) is 0 Å². The number of nitrogens with one attached hydrogen (secondary N) is 3. The number of alkyl carbamates (subject to hydrolysis) is 2. The Kier molecular flexibility index (Phi) is 13.3. The van der Waals surface area contributed by atoms with Crippen molar-refractivity contribution < 1.29 is 23.9 Å². The Labute approximate surface area is 217 Å². The molecule has 9 nitrogen and oxygen atoms in total. The molecule has 0 saturated heterocycles. The molecule has 0 unspecified atom stereocenters. The summed E-state index contributed by atoms with van der Waals surface area (Å²) in [6.07, 6.45) is 3.42. The molecule has 0 aromatic carbocycles. The Morgan fingerprint density at radius 1 is 1.00 bits per heavy atom. The smallest absolute Gasteiger partial charge is 0.408 e. The molecule has 1 rings (SSSR count). The molecule has 1 aromatic heterocycles. The molecule has 198 valence electrons. The molecule has 11 heteroatoms. The van der Waals surface area contributed by atoms with Crippen molar-refractivity contribution in [3.8, 4) is 0 Å². The molecular formula is C24H40N4O5S2. The second-order valence-corrected chi connectivity index (χ2v) is 11.7. The molecule has 0 radical (unpaired) electrons. The molecule has 3 N–H and O–H groups in total. The number of aromatic nitrogens is 1. The van der Waals surface area contributed by atoms with Gasteiger partial charge in [0, 0.05) is 35.7 Å². The maximum atomic E-state index is 12.8. The van der Waals surface area contributed by atoms with E-state index in [0.29, 0.717) is 31.7 Å². The first-order chi connectivity index (χ1) is 16.3. The lowest BCUT2D eigenvalue weighted by Gasteiger charge is -2.23. The van der Waals surface area contributed by atoms with Gasteiger partial charge in [-0.05, 0) is 72.8 Å². The highest BCUT2D eigenvalue weighted by atomic mass is 32.2. The highest BCUT2D eigenvalue weighted by molar-refractivity contribution is 7.99. The van der Waals surface area contributed by atoms with E-state index in [2.05, 4.69) is 20.9 Å². The van der Waals surface area contributed by atoms with E-state index in [1.165, 1.54) is 0 Å². The molecule has 1 atom stereocenters. The Hall–Kier alpha value is -2.14. The monoisotopic (exact) mass is 528 g/mol. The molecule has 1 heterocycles. The van der Waals surface area contributed by atoms with E-state index < -0.39 is 29.4 Å². The highest BCUT2D eigenvalue weighted by Gasteiger charge is 2.24. The summed E-state index contributed by atoms with van der Waals surface area (Å²) in [6.45, 7) is 11.4. The van der Waals surface area contributed by atoms with Crippen molar-refractivity contribution >= 4 is 41.6 Å². The van der Waals surface area contributed by atoms with Gasteiger partial charge in [0.25, 0.3) is 0 Å². The second kappa shape index (κ2) is 15.1. The lowest BCUT2D eigenvalue weighted by molar-refractivity contribution is -0.123. The average molecular weight is 529 g/mol. The first-order valence-corrected chi connectivity index (χ1v) is 14.0. The van der Waals surface area contributed by atoms with Crippen LogP contribution in [0.25, 0.3) is 0 Å². The predicted octanol–water partition coefficient (Wildman–Crippen LogP) is 4.35. The zero-order chi connectivity index (χ0) is 26.5. The van der Waals surface area contributed by atoms with Crippen molar-refractivity contribution in [2.24, 2.45) is 0 Å². The molecule has 0 aliphatic rings. The molecule has 0 saturated carbocycles. The number of hydrogen-bond acceptors (Lipinski definition) is 8. The summed E-state index contributed by atoms with van der Waals surface area (Å²) in [6, 6.07) is 3.18. The summed E-state index contributed by atoms with van der Waals surface area (Å²) >= 11 is 3.34. The van der Waals surface area contributed by atoms with E-state index in [-0.39, 0.29) is 5.91 Å². The predicted molar refractivity (Wildman–Crippen MR) is 142 cm³/mol.